The molecule has 2 amide bonds. The number of benzene rings is 2. The number of fused-ring (bicyclic) bond motifs is 3. The lowest BCUT2D eigenvalue weighted by atomic mass is 9.85. The summed E-state index contributed by atoms with van der Waals surface area (Å²) in [5.74, 6) is -2.33. The minimum Gasteiger partial charge on any atom is -0.292 e. The van der Waals surface area contributed by atoms with E-state index in [9.17, 15) is 18.8 Å². The van der Waals surface area contributed by atoms with Gasteiger partial charge in [-0.15, -0.1) is 0 Å². The second-order valence-corrected chi connectivity index (χ2v) is 7.66. The first-order valence-electron chi connectivity index (χ1n) is 9.56. The van der Waals surface area contributed by atoms with Crippen LogP contribution in [0.4, 0.5) is 10.1 Å². The second kappa shape index (κ2) is 6.34. The fraction of sp³-hybridized carbons (Fsp3) is 0.318. The molecule has 5 rings (SSSR count). The summed E-state index contributed by atoms with van der Waals surface area (Å²) < 4.78 is 13.3. The van der Waals surface area contributed by atoms with E-state index in [1.807, 2.05) is 11.0 Å². The first-order chi connectivity index (χ1) is 13.6. The number of para-hydroxylation sites is 1. The molecule has 2 aromatic rings. The Labute approximate surface area is 161 Å². The Kier molecular flexibility index (Phi) is 3.91. The van der Waals surface area contributed by atoms with Crippen LogP contribution >= 0.6 is 0 Å². The summed E-state index contributed by atoms with van der Waals surface area (Å²) in [6.07, 6.45) is 1.70. The van der Waals surface area contributed by atoms with Crippen LogP contribution in [0.3, 0.4) is 0 Å². The molecule has 3 fully saturated rings. The maximum Gasteiger partial charge on any atom is 0.239 e. The Balaban J connectivity index is 1.55. The van der Waals surface area contributed by atoms with E-state index < -0.39 is 23.7 Å². The number of halogens is 1. The Hall–Kier alpha value is -2.86. The minimum absolute atomic E-state index is 0.0930. The molecular formula is C22H19FN2O3. The van der Waals surface area contributed by atoms with Gasteiger partial charge in [-0.25, -0.2) is 9.29 Å². The predicted octanol–water partition coefficient (Wildman–Crippen LogP) is 2.66. The van der Waals surface area contributed by atoms with Crippen molar-refractivity contribution in [3.63, 3.8) is 0 Å². The summed E-state index contributed by atoms with van der Waals surface area (Å²) in [4.78, 5) is 43.1. The lowest BCUT2D eigenvalue weighted by molar-refractivity contribution is -0.123. The van der Waals surface area contributed by atoms with Crippen LogP contribution in [-0.4, -0.2) is 41.1 Å². The Morgan fingerprint density at radius 1 is 0.929 bits per heavy atom. The van der Waals surface area contributed by atoms with E-state index in [0.717, 1.165) is 12.8 Å². The zero-order chi connectivity index (χ0) is 19.4. The molecule has 0 aliphatic carbocycles. The third-order valence-electron chi connectivity index (χ3n) is 6.26. The van der Waals surface area contributed by atoms with Crippen molar-refractivity contribution in [2.24, 2.45) is 11.8 Å². The highest BCUT2D eigenvalue weighted by molar-refractivity contribution is 6.24. The number of ketones is 1. The van der Waals surface area contributed by atoms with Gasteiger partial charge in [0.2, 0.25) is 11.8 Å². The van der Waals surface area contributed by atoms with Gasteiger partial charge < -0.3 is 0 Å². The highest BCUT2D eigenvalue weighted by atomic mass is 19.1. The first-order valence-corrected chi connectivity index (χ1v) is 9.56. The standard InChI is InChI=1S/C22H19FN2O3/c23-14-10-8-13(9-11-14)20(26)19-18-17(16-7-4-12-24(16)19)21(27)25(22(18)28)15-5-2-1-3-6-15/h1-3,5-6,8-11,16-19H,4,7,12H2/t16-,17-,18+,19+/m1/s1. The first kappa shape index (κ1) is 17.3. The number of hydrogen-bond acceptors (Lipinski definition) is 4. The van der Waals surface area contributed by atoms with Gasteiger partial charge in [0.05, 0.1) is 23.6 Å². The molecule has 6 heteroatoms. The molecule has 0 spiro atoms. The fourth-order valence-corrected chi connectivity index (χ4v) is 5.13. The maximum absolute atomic E-state index is 13.3. The Bertz CT molecular complexity index is 960. The van der Waals surface area contributed by atoms with Crippen molar-refractivity contribution in [2.45, 2.75) is 24.9 Å². The number of Topliss-reactive ketones (excluding diaryl/α,β-unsaturated/α-hetero) is 1. The van der Waals surface area contributed by atoms with Crippen LogP contribution in [-0.2, 0) is 9.59 Å². The molecule has 0 unspecified atom stereocenters. The quantitative estimate of drug-likeness (QED) is 0.609. The van der Waals surface area contributed by atoms with Crippen LogP contribution in [0.2, 0.25) is 0 Å². The summed E-state index contributed by atoms with van der Waals surface area (Å²) in [5, 5.41) is 0. The lowest BCUT2D eigenvalue weighted by Crippen LogP contribution is -2.46. The number of carbonyl (C=O) groups excluding carboxylic acids is 3. The van der Waals surface area contributed by atoms with Gasteiger partial charge in [0.1, 0.15) is 5.82 Å². The van der Waals surface area contributed by atoms with E-state index in [-0.39, 0.29) is 23.6 Å². The molecule has 28 heavy (non-hydrogen) atoms. The van der Waals surface area contributed by atoms with Crippen molar-refractivity contribution in [1.82, 2.24) is 4.90 Å². The van der Waals surface area contributed by atoms with Gasteiger partial charge in [-0.3, -0.25) is 19.3 Å². The van der Waals surface area contributed by atoms with Gasteiger partial charge in [0.25, 0.3) is 0 Å². The number of anilines is 1. The minimum atomic E-state index is -0.685. The molecule has 0 radical (unpaired) electrons. The number of nitrogens with zero attached hydrogens (tertiary/aromatic N) is 2. The number of carbonyl (C=O) groups is 3. The highest BCUT2D eigenvalue weighted by Crippen LogP contribution is 2.48. The monoisotopic (exact) mass is 378 g/mol. The summed E-state index contributed by atoms with van der Waals surface area (Å²) in [6, 6.07) is 13.5. The molecule has 0 N–H and O–H groups in total. The molecule has 0 aromatic heterocycles. The molecule has 142 valence electrons. The summed E-state index contributed by atoms with van der Waals surface area (Å²) in [5.41, 5.74) is 0.917. The predicted molar refractivity (Wildman–Crippen MR) is 100 cm³/mol. The van der Waals surface area contributed by atoms with Crippen LogP contribution in [0.1, 0.15) is 23.2 Å². The van der Waals surface area contributed by atoms with E-state index in [2.05, 4.69) is 0 Å². The van der Waals surface area contributed by atoms with Gasteiger partial charge >= 0.3 is 0 Å². The third kappa shape index (κ3) is 2.37. The Morgan fingerprint density at radius 3 is 2.32 bits per heavy atom. The highest BCUT2D eigenvalue weighted by Gasteiger charge is 2.64. The molecule has 3 saturated heterocycles. The number of imide groups is 1. The molecule has 0 saturated carbocycles. The SMILES string of the molecule is O=C(c1ccc(F)cc1)[C@@H]1[C@H]2C(=O)N(c3ccccc3)C(=O)[C@@H]2[C@H]2CCCN21. The summed E-state index contributed by atoms with van der Waals surface area (Å²) in [7, 11) is 0. The van der Waals surface area contributed by atoms with E-state index in [1.165, 1.54) is 29.2 Å². The average molecular weight is 378 g/mol. The van der Waals surface area contributed by atoms with E-state index in [1.54, 1.807) is 24.3 Å². The van der Waals surface area contributed by atoms with Gasteiger partial charge in [-0.2, -0.15) is 0 Å². The van der Waals surface area contributed by atoms with Crippen LogP contribution < -0.4 is 4.90 Å². The molecule has 3 aliphatic rings. The van der Waals surface area contributed by atoms with E-state index >= 15 is 0 Å². The van der Waals surface area contributed by atoms with Crippen molar-refractivity contribution in [3.05, 3.63) is 66.0 Å². The second-order valence-electron chi connectivity index (χ2n) is 7.66. The number of hydrogen-bond donors (Lipinski definition) is 0. The third-order valence-corrected chi connectivity index (χ3v) is 6.26. The van der Waals surface area contributed by atoms with Crippen LogP contribution in [0.25, 0.3) is 0 Å². The van der Waals surface area contributed by atoms with Crippen LogP contribution in [0.5, 0.6) is 0 Å². The topological polar surface area (TPSA) is 57.7 Å². The number of amides is 2. The van der Waals surface area contributed by atoms with Crippen molar-refractivity contribution >= 4 is 23.3 Å². The molecule has 3 aliphatic heterocycles. The maximum atomic E-state index is 13.3. The van der Waals surface area contributed by atoms with Crippen LogP contribution in [0, 0.1) is 17.7 Å². The molecule has 0 bridgehead atoms. The summed E-state index contributed by atoms with van der Waals surface area (Å²) >= 11 is 0. The molecule has 2 aromatic carbocycles. The average Bonchev–Trinajstić information content (AvgIpc) is 3.35. The van der Waals surface area contributed by atoms with Gasteiger partial charge in [0.15, 0.2) is 5.78 Å². The summed E-state index contributed by atoms with van der Waals surface area (Å²) in [6.45, 7) is 0.696. The van der Waals surface area contributed by atoms with E-state index in [4.69, 9.17) is 0 Å². The van der Waals surface area contributed by atoms with Gasteiger partial charge in [-0.1, -0.05) is 18.2 Å². The largest absolute Gasteiger partial charge is 0.292 e. The zero-order valence-corrected chi connectivity index (χ0v) is 15.1. The number of rotatable bonds is 3. The molecule has 3 heterocycles. The molecular weight excluding hydrogens is 359 g/mol. The van der Waals surface area contributed by atoms with Crippen molar-refractivity contribution < 1.29 is 18.8 Å². The van der Waals surface area contributed by atoms with Crippen molar-refractivity contribution in [2.75, 3.05) is 11.4 Å². The zero-order valence-electron chi connectivity index (χ0n) is 15.1. The normalized spacial score (nSPS) is 29.2. The van der Waals surface area contributed by atoms with E-state index in [0.29, 0.717) is 17.8 Å². The molecule has 5 nitrogen and oxygen atoms in total. The fourth-order valence-electron chi connectivity index (χ4n) is 5.13. The van der Waals surface area contributed by atoms with Crippen molar-refractivity contribution in [3.8, 4) is 0 Å². The van der Waals surface area contributed by atoms with Crippen LogP contribution in [0.15, 0.2) is 54.6 Å². The van der Waals surface area contributed by atoms with Gasteiger partial charge in [0, 0.05) is 11.6 Å². The molecule has 4 atom stereocenters. The smallest absolute Gasteiger partial charge is 0.239 e. The van der Waals surface area contributed by atoms with Gasteiger partial charge in [-0.05, 0) is 55.8 Å². The Morgan fingerprint density at radius 2 is 1.61 bits per heavy atom. The lowest BCUT2D eigenvalue weighted by Gasteiger charge is -2.27. The van der Waals surface area contributed by atoms with Crippen molar-refractivity contribution in [1.29, 1.82) is 0 Å².